The Kier molecular flexibility index (Phi) is 6.79. The molecule has 1 aromatic heterocycles. The van der Waals surface area contributed by atoms with E-state index in [4.69, 9.17) is 16.3 Å². The number of phenolic OH excluding ortho intramolecular Hbond substituents is 1. The Hall–Kier alpha value is -3.14. The number of benzene rings is 2. The van der Waals surface area contributed by atoms with Gasteiger partial charge >= 0.3 is 0 Å². The maximum atomic E-state index is 11.6. The Morgan fingerprint density at radius 2 is 2.03 bits per heavy atom. The second-order valence-corrected chi connectivity index (χ2v) is 9.43. The van der Waals surface area contributed by atoms with E-state index in [0.29, 0.717) is 34.4 Å². The normalized spacial score (nSPS) is 14.3. The van der Waals surface area contributed by atoms with Gasteiger partial charge in [0, 0.05) is 40.8 Å². The smallest absolute Gasteiger partial charge is 0.262 e. The van der Waals surface area contributed by atoms with Crippen LogP contribution < -0.4 is 15.4 Å². The molecule has 0 aliphatic carbocycles. The van der Waals surface area contributed by atoms with E-state index in [1.165, 1.54) is 12.1 Å². The van der Waals surface area contributed by atoms with Crippen molar-refractivity contribution >= 4 is 23.2 Å². The summed E-state index contributed by atoms with van der Waals surface area (Å²) < 4.78 is 7.37. The number of aromatic hydroxyl groups is 1. The van der Waals surface area contributed by atoms with E-state index in [-0.39, 0.29) is 30.3 Å². The van der Waals surface area contributed by atoms with Crippen LogP contribution in [0.3, 0.4) is 0 Å². The van der Waals surface area contributed by atoms with Gasteiger partial charge in [-0.15, -0.1) is 0 Å². The number of fused-ring (bicyclic) bond motifs is 1. The maximum Gasteiger partial charge on any atom is 0.262 e. The van der Waals surface area contributed by atoms with E-state index in [2.05, 4.69) is 20.7 Å². The standard InChI is InChI=1S/C24H28ClN5O4/c1-14-27-23(15-4-6-16(25)7-5-15)29-30(14)9-8-24(2,3)26-12-20(32)18-10-17(31)11-19-22(18)34-13-21(33)28-19/h4-7,10-11,20,26,31-32H,8-9,12-13H2,1-3H3,(H,28,33). The van der Waals surface area contributed by atoms with Crippen molar-refractivity contribution in [2.45, 2.75) is 45.4 Å². The van der Waals surface area contributed by atoms with Crippen LogP contribution in [0, 0.1) is 6.92 Å². The lowest BCUT2D eigenvalue weighted by molar-refractivity contribution is -0.118. The number of ether oxygens (including phenoxy) is 1. The largest absolute Gasteiger partial charge is 0.508 e. The fraction of sp³-hybridized carbons (Fsp3) is 0.375. The molecule has 3 aromatic rings. The molecule has 0 saturated carbocycles. The molecule has 4 rings (SSSR count). The number of carbonyl (C=O) groups is 1. The van der Waals surface area contributed by atoms with Crippen LogP contribution in [0.2, 0.25) is 5.02 Å². The first-order valence-electron chi connectivity index (χ1n) is 11.0. The molecule has 0 saturated heterocycles. The number of carbonyl (C=O) groups excluding carboxylic acids is 1. The molecule has 1 unspecified atom stereocenters. The van der Waals surface area contributed by atoms with Gasteiger partial charge in [-0.2, -0.15) is 5.10 Å². The summed E-state index contributed by atoms with van der Waals surface area (Å²) in [6.07, 6.45) is -0.214. The molecule has 2 aromatic carbocycles. The van der Waals surface area contributed by atoms with Crippen LogP contribution in [0.15, 0.2) is 36.4 Å². The first-order chi connectivity index (χ1) is 16.1. The Labute approximate surface area is 202 Å². The van der Waals surface area contributed by atoms with Crippen molar-refractivity contribution in [3.05, 3.63) is 52.8 Å². The molecule has 0 spiro atoms. The summed E-state index contributed by atoms with van der Waals surface area (Å²) in [7, 11) is 0. The predicted molar refractivity (Wildman–Crippen MR) is 129 cm³/mol. The third-order valence-electron chi connectivity index (χ3n) is 5.76. The van der Waals surface area contributed by atoms with Crippen LogP contribution in [0.4, 0.5) is 5.69 Å². The van der Waals surface area contributed by atoms with Crippen LogP contribution in [0.25, 0.3) is 11.4 Å². The lowest BCUT2D eigenvalue weighted by Gasteiger charge is -2.29. The molecule has 4 N–H and O–H groups in total. The number of aromatic nitrogens is 3. The van der Waals surface area contributed by atoms with E-state index >= 15 is 0 Å². The lowest BCUT2D eigenvalue weighted by Crippen LogP contribution is -2.42. The van der Waals surface area contributed by atoms with Crippen molar-refractivity contribution < 1.29 is 19.7 Å². The highest BCUT2D eigenvalue weighted by Crippen LogP contribution is 2.38. The Bertz CT molecular complexity index is 1190. The topological polar surface area (TPSA) is 122 Å². The van der Waals surface area contributed by atoms with Crippen molar-refractivity contribution in [3.63, 3.8) is 0 Å². The number of nitrogens with one attached hydrogen (secondary N) is 2. The fourth-order valence-electron chi connectivity index (χ4n) is 3.77. The SMILES string of the molecule is Cc1nc(-c2ccc(Cl)cc2)nn1CCC(C)(C)NCC(O)c1cc(O)cc2c1OCC(=O)N2. The number of hydrogen-bond acceptors (Lipinski definition) is 7. The van der Waals surface area contributed by atoms with Gasteiger partial charge in [-0.1, -0.05) is 11.6 Å². The lowest BCUT2D eigenvalue weighted by atomic mass is 9.99. The van der Waals surface area contributed by atoms with Gasteiger partial charge in [-0.25, -0.2) is 9.67 Å². The van der Waals surface area contributed by atoms with Crippen LogP contribution in [0.1, 0.15) is 37.8 Å². The highest BCUT2D eigenvalue weighted by atomic mass is 35.5. The van der Waals surface area contributed by atoms with Crippen LogP contribution in [-0.2, 0) is 11.3 Å². The number of anilines is 1. The second kappa shape index (κ2) is 9.61. The average molecular weight is 486 g/mol. The Morgan fingerprint density at radius 3 is 2.76 bits per heavy atom. The summed E-state index contributed by atoms with van der Waals surface area (Å²) >= 11 is 5.97. The molecular weight excluding hydrogens is 458 g/mol. The van der Waals surface area contributed by atoms with Gasteiger partial charge in [0.25, 0.3) is 5.91 Å². The minimum Gasteiger partial charge on any atom is -0.508 e. The molecule has 2 heterocycles. The van der Waals surface area contributed by atoms with Crippen molar-refractivity contribution in [1.82, 2.24) is 20.1 Å². The molecule has 9 nitrogen and oxygen atoms in total. The van der Waals surface area contributed by atoms with Crippen LogP contribution in [-0.4, -0.2) is 49.6 Å². The predicted octanol–water partition coefficient (Wildman–Crippen LogP) is 3.44. The molecule has 34 heavy (non-hydrogen) atoms. The van der Waals surface area contributed by atoms with Gasteiger partial charge in [0.1, 0.15) is 17.3 Å². The van der Waals surface area contributed by atoms with E-state index < -0.39 is 6.10 Å². The molecular formula is C24H28ClN5O4. The number of nitrogens with zero attached hydrogens (tertiary/aromatic N) is 3. The third kappa shape index (κ3) is 5.49. The quantitative estimate of drug-likeness (QED) is 0.385. The van der Waals surface area contributed by atoms with Crippen molar-refractivity contribution in [2.24, 2.45) is 0 Å². The monoisotopic (exact) mass is 485 g/mol. The summed E-state index contributed by atoms with van der Waals surface area (Å²) in [6, 6.07) is 10.3. The number of β-amino-alcohol motifs (C(OH)–C–C–N with tert-alkyl or cyclic N) is 1. The first kappa shape index (κ1) is 24.0. The molecule has 10 heteroatoms. The number of aliphatic hydroxyl groups is 1. The van der Waals surface area contributed by atoms with Gasteiger partial charge < -0.3 is 25.6 Å². The number of hydrogen-bond donors (Lipinski definition) is 4. The molecule has 1 atom stereocenters. The summed E-state index contributed by atoms with van der Waals surface area (Å²) in [6.45, 7) is 6.74. The molecule has 1 aliphatic heterocycles. The Balaban J connectivity index is 1.38. The number of halogens is 1. The second-order valence-electron chi connectivity index (χ2n) is 8.99. The Morgan fingerprint density at radius 1 is 1.29 bits per heavy atom. The van der Waals surface area contributed by atoms with Gasteiger partial charge in [-0.05, 0) is 57.5 Å². The minimum atomic E-state index is -0.945. The minimum absolute atomic E-state index is 0.0593. The molecule has 180 valence electrons. The van der Waals surface area contributed by atoms with Crippen molar-refractivity contribution in [3.8, 4) is 22.9 Å². The van der Waals surface area contributed by atoms with Crippen molar-refractivity contribution in [1.29, 1.82) is 0 Å². The summed E-state index contributed by atoms with van der Waals surface area (Å²) in [5.74, 6) is 1.47. The molecule has 1 amide bonds. The number of amides is 1. The first-order valence-corrected chi connectivity index (χ1v) is 11.4. The van der Waals surface area contributed by atoms with Crippen LogP contribution >= 0.6 is 11.6 Å². The van der Waals surface area contributed by atoms with Crippen molar-refractivity contribution in [2.75, 3.05) is 18.5 Å². The van der Waals surface area contributed by atoms with E-state index in [9.17, 15) is 15.0 Å². The average Bonchev–Trinajstić information content (AvgIpc) is 3.16. The summed E-state index contributed by atoms with van der Waals surface area (Å²) in [5.41, 5.74) is 1.34. The summed E-state index contributed by atoms with van der Waals surface area (Å²) in [4.78, 5) is 16.1. The highest BCUT2D eigenvalue weighted by molar-refractivity contribution is 6.30. The number of phenols is 1. The molecule has 1 aliphatic rings. The van der Waals surface area contributed by atoms with Gasteiger partial charge in [0.15, 0.2) is 12.4 Å². The zero-order valence-electron chi connectivity index (χ0n) is 19.3. The summed E-state index contributed by atoms with van der Waals surface area (Å²) in [5, 5.41) is 32.1. The molecule has 0 fully saturated rings. The highest BCUT2D eigenvalue weighted by Gasteiger charge is 2.26. The number of rotatable bonds is 8. The van der Waals surface area contributed by atoms with Gasteiger partial charge in [0.2, 0.25) is 0 Å². The zero-order valence-corrected chi connectivity index (χ0v) is 20.1. The van der Waals surface area contributed by atoms with E-state index in [0.717, 1.165) is 17.8 Å². The van der Waals surface area contributed by atoms with Gasteiger partial charge in [-0.3, -0.25) is 4.79 Å². The molecule has 0 radical (unpaired) electrons. The molecule has 0 bridgehead atoms. The number of aliphatic hydroxyl groups excluding tert-OH is 1. The van der Waals surface area contributed by atoms with Crippen LogP contribution in [0.5, 0.6) is 11.5 Å². The van der Waals surface area contributed by atoms with Gasteiger partial charge in [0.05, 0.1) is 11.8 Å². The van der Waals surface area contributed by atoms with E-state index in [1.54, 1.807) is 0 Å². The number of aryl methyl sites for hydroxylation is 2. The van der Waals surface area contributed by atoms with E-state index in [1.807, 2.05) is 49.7 Å². The third-order valence-corrected chi connectivity index (χ3v) is 6.02. The fourth-order valence-corrected chi connectivity index (χ4v) is 3.90. The maximum absolute atomic E-state index is 11.6. The zero-order chi connectivity index (χ0) is 24.5.